The molecule has 0 unspecified atom stereocenters. The third-order valence-electron chi connectivity index (χ3n) is 3.25. The maximum Gasteiger partial charge on any atom is 0.356 e. The maximum atomic E-state index is 11.5. The smallest absolute Gasteiger partial charge is 0.356 e. The predicted molar refractivity (Wildman–Crippen MR) is 84.3 cm³/mol. The van der Waals surface area contributed by atoms with Crippen molar-refractivity contribution in [3.8, 4) is 17.2 Å². The second-order valence-corrected chi connectivity index (χ2v) is 4.66. The van der Waals surface area contributed by atoms with Gasteiger partial charge in [0.25, 0.3) is 0 Å². The van der Waals surface area contributed by atoms with Gasteiger partial charge in [-0.25, -0.2) is 9.78 Å². The molecule has 0 spiro atoms. The van der Waals surface area contributed by atoms with Gasteiger partial charge in [0.15, 0.2) is 17.2 Å². The molecule has 0 N–H and O–H groups in total. The maximum absolute atomic E-state index is 11.5. The molecule has 0 aliphatic rings. The standard InChI is InChI=1S/C17H19NO5/c1-20-13-6-4-12(5-7-13)8-9-23-15-10-14(17(19)22-3)18-11-16(15)21-2/h4-7,10-11H,8-9H2,1-3H3. The van der Waals surface area contributed by atoms with Gasteiger partial charge in [-0.1, -0.05) is 12.1 Å². The molecule has 0 amide bonds. The number of esters is 1. The van der Waals surface area contributed by atoms with E-state index in [1.807, 2.05) is 24.3 Å². The van der Waals surface area contributed by atoms with Crippen LogP contribution in [-0.4, -0.2) is 38.9 Å². The summed E-state index contributed by atoms with van der Waals surface area (Å²) in [5, 5.41) is 0. The van der Waals surface area contributed by atoms with Crippen molar-refractivity contribution < 1.29 is 23.7 Å². The minimum atomic E-state index is -0.521. The average molecular weight is 317 g/mol. The van der Waals surface area contributed by atoms with Gasteiger partial charge in [-0.3, -0.25) is 0 Å². The Labute approximate surface area is 135 Å². The summed E-state index contributed by atoms with van der Waals surface area (Å²) in [7, 11) is 4.45. The molecule has 0 aliphatic heterocycles. The topological polar surface area (TPSA) is 66.9 Å². The lowest BCUT2D eigenvalue weighted by Gasteiger charge is -2.11. The van der Waals surface area contributed by atoms with E-state index in [-0.39, 0.29) is 5.69 Å². The molecule has 1 heterocycles. The zero-order valence-corrected chi connectivity index (χ0v) is 13.4. The number of benzene rings is 1. The molecular formula is C17H19NO5. The first kappa shape index (κ1) is 16.6. The molecule has 2 aromatic rings. The number of carbonyl (C=O) groups is 1. The molecule has 0 bridgehead atoms. The van der Waals surface area contributed by atoms with Crippen LogP contribution in [0.1, 0.15) is 16.1 Å². The van der Waals surface area contributed by atoms with Crippen LogP contribution in [0.5, 0.6) is 17.2 Å². The monoisotopic (exact) mass is 317 g/mol. The molecular weight excluding hydrogens is 298 g/mol. The lowest BCUT2D eigenvalue weighted by molar-refractivity contribution is 0.0593. The van der Waals surface area contributed by atoms with Crippen molar-refractivity contribution in [3.63, 3.8) is 0 Å². The van der Waals surface area contributed by atoms with Gasteiger partial charge in [0, 0.05) is 12.5 Å². The van der Waals surface area contributed by atoms with E-state index < -0.39 is 5.97 Å². The fourth-order valence-electron chi connectivity index (χ4n) is 1.98. The highest BCUT2D eigenvalue weighted by Gasteiger charge is 2.13. The SMILES string of the molecule is COC(=O)c1cc(OCCc2ccc(OC)cc2)c(OC)cn1. The Balaban J connectivity index is 2.01. The highest BCUT2D eigenvalue weighted by Crippen LogP contribution is 2.27. The summed E-state index contributed by atoms with van der Waals surface area (Å²) in [6.07, 6.45) is 2.15. The van der Waals surface area contributed by atoms with E-state index in [0.29, 0.717) is 24.5 Å². The summed E-state index contributed by atoms with van der Waals surface area (Å²) in [5.74, 6) is 1.21. The molecule has 0 aliphatic carbocycles. The van der Waals surface area contributed by atoms with Gasteiger partial charge >= 0.3 is 5.97 Å². The van der Waals surface area contributed by atoms with Gasteiger partial charge in [0.05, 0.1) is 34.1 Å². The van der Waals surface area contributed by atoms with Crippen molar-refractivity contribution in [3.05, 3.63) is 47.8 Å². The average Bonchev–Trinajstić information content (AvgIpc) is 2.61. The van der Waals surface area contributed by atoms with E-state index in [2.05, 4.69) is 9.72 Å². The Bertz CT molecular complexity index is 655. The highest BCUT2D eigenvalue weighted by atomic mass is 16.5. The summed E-state index contributed by atoms with van der Waals surface area (Å²) in [4.78, 5) is 15.5. The van der Waals surface area contributed by atoms with Crippen molar-refractivity contribution in [1.82, 2.24) is 4.98 Å². The van der Waals surface area contributed by atoms with E-state index in [1.54, 1.807) is 7.11 Å². The molecule has 0 fully saturated rings. The summed E-state index contributed by atoms with van der Waals surface area (Å²) in [6, 6.07) is 9.27. The number of aromatic nitrogens is 1. The first-order valence-electron chi connectivity index (χ1n) is 7.06. The minimum Gasteiger partial charge on any atom is -0.497 e. The van der Waals surface area contributed by atoms with Gasteiger partial charge in [0.2, 0.25) is 0 Å². The second kappa shape index (κ2) is 8.03. The number of methoxy groups -OCH3 is 3. The third kappa shape index (κ3) is 4.35. The van der Waals surface area contributed by atoms with Crippen LogP contribution >= 0.6 is 0 Å². The molecule has 0 saturated carbocycles. The molecule has 1 aromatic carbocycles. The minimum absolute atomic E-state index is 0.174. The quantitative estimate of drug-likeness (QED) is 0.731. The predicted octanol–water partition coefficient (Wildman–Crippen LogP) is 2.51. The molecule has 0 saturated heterocycles. The normalized spacial score (nSPS) is 10.0. The van der Waals surface area contributed by atoms with E-state index in [4.69, 9.17) is 14.2 Å². The summed E-state index contributed by atoms with van der Waals surface area (Å²) < 4.78 is 20.7. The van der Waals surface area contributed by atoms with Crippen molar-refractivity contribution in [2.45, 2.75) is 6.42 Å². The van der Waals surface area contributed by atoms with Gasteiger partial charge < -0.3 is 18.9 Å². The van der Waals surface area contributed by atoms with Crippen LogP contribution < -0.4 is 14.2 Å². The number of pyridine rings is 1. The summed E-state index contributed by atoms with van der Waals surface area (Å²) in [5.41, 5.74) is 1.29. The fourth-order valence-corrected chi connectivity index (χ4v) is 1.98. The molecule has 122 valence electrons. The Kier molecular flexibility index (Phi) is 5.80. The van der Waals surface area contributed by atoms with Crippen LogP contribution in [0.25, 0.3) is 0 Å². The van der Waals surface area contributed by atoms with Gasteiger partial charge in [0.1, 0.15) is 5.75 Å². The molecule has 2 rings (SSSR count). The Morgan fingerprint density at radius 1 is 1.04 bits per heavy atom. The first-order valence-corrected chi connectivity index (χ1v) is 7.06. The lowest BCUT2D eigenvalue weighted by atomic mass is 10.1. The van der Waals surface area contributed by atoms with Gasteiger partial charge in [-0.2, -0.15) is 0 Å². The number of ether oxygens (including phenoxy) is 4. The third-order valence-corrected chi connectivity index (χ3v) is 3.25. The molecule has 6 nitrogen and oxygen atoms in total. The van der Waals surface area contributed by atoms with Crippen LogP contribution in [0.15, 0.2) is 36.5 Å². The Morgan fingerprint density at radius 2 is 1.78 bits per heavy atom. The summed E-state index contributed by atoms with van der Waals surface area (Å²) in [6.45, 7) is 0.438. The van der Waals surface area contributed by atoms with E-state index >= 15 is 0 Å². The van der Waals surface area contributed by atoms with Crippen LogP contribution in [0.3, 0.4) is 0 Å². The number of rotatable bonds is 7. The van der Waals surface area contributed by atoms with Crippen LogP contribution in [-0.2, 0) is 11.2 Å². The number of carbonyl (C=O) groups excluding carboxylic acids is 1. The van der Waals surface area contributed by atoms with Crippen molar-refractivity contribution in [2.24, 2.45) is 0 Å². The van der Waals surface area contributed by atoms with Crippen LogP contribution in [0.4, 0.5) is 0 Å². The van der Waals surface area contributed by atoms with Crippen molar-refractivity contribution in [1.29, 1.82) is 0 Å². The molecule has 6 heteroatoms. The highest BCUT2D eigenvalue weighted by molar-refractivity contribution is 5.87. The number of hydrogen-bond acceptors (Lipinski definition) is 6. The van der Waals surface area contributed by atoms with Crippen LogP contribution in [0, 0.1) is 0 Å². The zero-order valence-electron chi connectivity index (χ0n) is 13.4. The van der Waals surface area contributed by atoms with Crippen LogP contribution in [0.2, 0.25) is 0 Å². The van der Waals surface area contributed by atoms with Crippen molar-refractivity contribution in [2.75, 3.05) is 27.9 Å². The first-order chi connectivity index (χ1) is 11.2. The van der Waals surface area contributed by atoms with E-state index in [1.165, 1.54) is 26.5 Å². The second-order valence-electron chi connectivity index (χ2n) is 4.66. The van der Waals surface area contributed by atoms with Crippen molar-refractivity contribution >= 4 is 5.97 Å². The zero-order chi connectivity index (χ0) is 16.7. The lowest BCUT2D eigenvalue weighted by Crippen LogP contribution is -2.07. The molecule has 0 radical (unpaired) electrons. The molecule has 1 aromatic heterocycles. The number of hydrogen-bond donors (Lipinski definition) is 0. The number of nitrogens with zero attached hydrogens (tertiary/aromatic N) is 1. The largest absolute Gasteiger partial charge is 0.497 e. The summed E-state index contributed by atoms with van der Waals surface area (Å²) >= 11 is 0. The molecule has 23 heavy (non-hydrogen) atoms. The molecule has 0 atom stereocenters. The fraction of sp³-hybridized carbons (Fsp3) is 0.294. The Morgan fingerprint density at radius 3 is 2.39 bits per heavy atom. The Hall–Kier alpha value is -2.76. The van der Waals surface area contributed by atoms with Gasteiger partial charge in [-0.05, 0) is 17.7 Å². The van der Waals surface area contributed by atoms with E-state index in [0.717, 1.165) is 11.3 Å². The van der Waals surface area contributed by atoms with E-state index in [9.17, 15) is 4.79 Å². The van der Waals surface area contributed by atoms with Gasteiger partial charge in [-0.15, -0.1) is 0 Å².